The van der Waals surface area contributed by atoms with Crippen LogP contribution in [0.2, 0.25) is 0 Å². The van der Waals surface area contributed by atoms with Crippen LogP contribution in [0.25, 0.3) is 11.3 Å². The second-order valence-corrected chi connectivity index (χ2v) is 10.4. The summed E-state index contributed by atoms with van der Waals surface area (Å²) < 4.78 is 7.86. The number of carbonyl (C=O) groups excluding carboxylic acids is 2. The van der Waals surface area contributed by atoms with Crippen LogP contribution in [0, 0.1) is 0 Å². The first-order valence-corrected chi connectivity index (χ1v) is 13.7. The molecule has 3 aromatic rings. The quantitative estimate of drug-likeness (QED) is 0.469. The Hall–Kier alpha value is -3.59. The van der Waals surface area contributed by atoms with E-state index in [9.17, 15) is 9.59 Å². The van der Waals surface area contributed by atoms with E-state index < -0.39 is 0 Å². The van der Waals surface area contributed by atoms with E-state index in [2.05, 4.69) is 20.6 Å². The number of aryl methyl sites for hydroxylation is 1. The van der Waals surface area contributed by atoms with Crippen molar-refractivity contribution in [2.75, 3.05) is 31.2 Å². The third-order valence-corrected chi connectivity index (χ3v) is 8.05. The Morgan fingerprint density at radius 2 is 1.92 bits per heavy atom. The van der Waals surface area contributed by atoms with Crippen molar-refractivity contribution in [1.82, 2.24) is 24.6 Å². The van der Waals surface area contributed by atoms with E-state index in [0.717, 1.165) is 86.7 Å². The molecular formula is C29H34N6O3. The number of nitrogens with zero attached hydrogens (tertiary/aromatic N) is 6. The minimum atomic E-state index is 0.0393. The highest BCUT2D eigenvalue weighted by molar-refractivity contribution is 5.94. The van der Waals surface area contributed by atoms with Crippen LogP contribution in [-0.4, -0.2) is 62.6 Å². The smallest absolute Gasteiger partial charge is 0.219 e. The second-order valence-electron chi connectivity index (χ2n) is 10.4. The first kappa shape index (κ1) is 24.7. The molecule has 0 atom stereocenters. The molecule has 0 unspecified atom stereocenters. The summed E-state index contributed by atoms with van der Waals surface area (Å²) in [5.74, 6) is 1.10. The van der Waals surface area contributed by atoms with Crippen LogP contribution in [0.1, 0.15) is 72.9 Å². The molecule has 0 aromatic carbocycles. The average Bonchev–Trinajstić information content (AvgIpc) is 3.35. The van der Waals surface area contributed by atoms with Gasteiger partial charge in [0.15, 0.2) is 11.6 Å². The highest BCUT2D eigenvalue weighted by atomic mass is 16.5. The molecule has 9 heteroatoms. The second kappa shape index (κ2) is 10.3. The molecule has 9 nitrogen and oxygen atoms in total. The summed E-state index contributed by atoms with van der Waals surface area (Å²) in [7, 11) is 0. The largest absolute Gasteiger partial charge is 0.381 e. The number of fused-ring (bicyclic) bond motifs is 2. The lowest BCUT2D eigenvalue weighted by molar-refractivity contribution is -0.129. The van der Waals surface area contributed by atoms with Crippen molar-refractivity contribution in [3.8, 4) is 11.3 Å². The lowest BCUT2D eigenvalue weighted by Crippen LogP contribution is -2.36. The normalized spacial score (nSPS) is 17.7. The zero-order valence-corrected chi connectivity index (χ0v) is 22.2. The number of ketones is 1. The van der Waals surface area contributed by atoms with E-state index in [4.69, 9.17) is 14.8 Å². The van der Waals surface area contributed by atoms with Gasteiger partial charge in [-0.1, -0.05) is 6.92 Å². The Labute approximate surface area is 222 Å². The first-order valence-electron chi connectivity index (χ1n) is 13.7. The summed E-state index contributed by atoms with van der Waals surface area (Å²) in [4.78, 5) is 37.6. The molecule has 6 rings (SSSR count). The molecule has 3 aliphatic rings. The van der Waals surface area contributed by atoms with E-state index in [1.165, 1.54) is 11.3 Å². The van der Waals surface area contributed by atoms with Gasteiger partial charge in [-0.2, -0.15) is 5.10 Å². The van der Waals surface area contributed by atoms with Crippen molar-refractivity contribution >= 4 is 23.2 Å². The predicted molar refractivity (Wildman–Crippen MR) is 144 cm³/mol. The highest BCUT2D eigenvalue weighted by Gasteiger charge is 2.33. The van der Waals surface area contributed by atoms with Crippen LogP contribution in [0.5, 0.6) is 0 Å². The molecule has 0 aliphatic carbocycles. The number of amides is 1. The van der Waals surface area contributed by atoms with Gasteiger partial charge in [-0.05, 0) is 49.4 Å². The lowest BCUT2D eigenvalue weighted by atomic mass is 9.99. The number of hydrogen-bond donors (Lipinski definition) is 0. The minimum absolute atomic E-state index is 0.0393. The Balaban J connectivity index is 1.36. The minimum Gasteiger partial charge on any atom is -0.381 e. The van der Waals surface area contributed by atoms with Gasteiger partial charge in [0, 0.05) is 69.1 Å². The van der Waals surface area contributed by atoms with Crippen LogP contribution in [0.3, 0.4) is 0 Å². The van der Waals surface area contributed by atoms with Gasteiger partial charge in [0.2, 0.25) is 5.91 Å². The predicted octanol–water partition coefficient (Wildman–Crippen LogP) is 4.27. The van der Waals surface area contributed by atoms with Gasteiger partial charge in [-0.15, -0.1) is 0 Å². The van der Waals surface area contributed by atoms with E-state index in [-0.39, 0.29) is 11.7 Å². The maximum Gasteiger partial charge on any atom is 0.219 e. The Kier molecular flexibility index (Phi) is 6.69. The number of rotatable bonds is 5. The van der Waals surface area contributed by atoms with E-state index in [1.54, 1.807) is 19.2 Å². The van der Waals surface area contributed by atoms with Gasteiger partial charge in [0.1, 0.15) is 5.69 Å². The topological polar surface area (TPSA) is 93.5 Å². The molecular weight excluding hydrogens is 480 g/mol. The zero-order chi connectivity index (χ0) is 26.2. The number of hydrogen-bond acceptors (Lipinski definition) is 7. The maximum absolute atomic E-state index is 12.3. The van der Waals surface area contributed by atoms with Crippen molar-refractivity contribution in [3.05, 3.63) is 53.1 Å². The molecule has 0 bridgehead atoms. The van der Waals surface area contributed by atoms with Crippen molar-refractivity contribution in [2.24, 2.45) is 0 Å². The Morgan fingerprint density at radius 3 is 2.66 bits per heavy atom. The van der Waals surface area contributed by atoms with Crippen LogP contribution in [0.15, 0.2) is 30.6 Å². The van der Waals surface area contributed by atoms with Crippen LogP contribution < -0.4 is 4.90 Å². The van der Waals surface area contributed by atoms with Crippen LogP contribution in [0.4, 0.5) is 11.5 Å². The lowest BCUT2D eigenvalue weighted by Gasteiger charge is -2.32. The molecule has 38 heavy (non-hydrogen) atoms. The number of anilines is 2. The van der Waals surface area contributed by atoms with Crippen LogP contribution >= 0.6 is 0 Å². The Bertz CT molecular complexity index is 1360. The molecule has 0 spiro atoms. The molecule has 0 saturated carbocycles. The fraction of sp³-hybridized carbons (Fsp3) is 0.483. The van der Waals surface area contributed by atoms with Gasteiger partial charge in [0.05, 0.1) is 30.2 Å². The van der Waals surface area contributed by atoms with Crippen molar-refractivity contribution in [2.45, 2.75) is 65.0 Å². The summed E-state index contributed by atoms with van der Waals surface area (Å²) >= 11 is 0. The SMILES string of the molecule is CCC(=O)c1ccc(-c2cc3c(cn2)N(c2nn(C4CCOCC4)c4c2CN(C(C)=O)CC4)CCC3)cn1. The molecule has 198 valence electrons. The maximum atomic E-state index is 12.3. The number of pyridine rings is 2. The van der Waals surface area contributed by atoms with Gasteiger partial charge >= 0.3 is 0 Å². The standard InChI is InChI=1S/C29H34N6O3/c1-3-28(37)24-7-6-21(16-30-24)25-15-20-5-4-11-34(27(20)17-31-25)29-23-18-33(19(2)36)12-8-26(23)35(32-29)22-9-13-38-14-10-22/h6-7,15-17,22H,3-5,8-14,18H2,1-2H3. The van der Waals surface area contributed by atoms with Crippen molar-refractivity contribution in [3.63, 3.8) is 0 Å². The van der Waals surface area contributed by atoms with E-state index >= 15 is 0 Å². The zero-order valence-electron chi connectivity index (χ0n) is 22.2. The number of ether oxygens (including phenoxy) is 1. The summed E-state index contributed by atoms with van der Waals surface area (Å²) in [5, 5.41) is 5.23. The third-order valence-electron chi connectivity index (χ3n) is 8.05. The van der Waals surface area contributed by atoms with Gasteiger partial charge in [0.25, 0.3) is 0 Å². The van der Waals surface area contributed by atoms with Crippen molar-refractivity contribution < 1.29 is 14.3 Å². The molecule has 3 aliphatic heterocycles. The fourth-order valence-corrected chi connectivity index (χ4v) is 5.90. The number of Topliss-reactive ketones (excluding diaryl/α,β-unsaturated/α-hetero) is 1. The third kappa shape index (κ3) is 4.49. The fourth-order valence-electron chi connectivity index (χ4n) is 5.90. The molecule has 6 heterocycles. The van der Waals surface area contributed by atoms with E-state index in [1.807, 2.05) is 24.1 Å². The molecule has 1 saturated heterocycles. The monoisotopic (exact) mass is 514 g/mol. The molecule has 0 radical (unpaired) electrons. The summed E-state index contributed by atoms with van der Waals surface area (Å²) in [6.07, 6.45) is 8.83. The summed E-state index contributed by atoms with van der Waals surface area (Å²) in [6, 6.07) is 6.18. The summed E-state index contributed by atoms with van der Waals surface area (Å²) in [5.41, 5.74) is 6.96. The Morgan fingerprint density at radius 1 is 1.08 bits per heavy atom. The first-order chi connectivity index (χ1) is 18.5. The van der Waals surface area contributed by atoms with E-state index in [0.29, 0.717) is 24.7 Å². The number of aromatic nitrogens is 4. The van der Waals surface area contributed by atoms with Crippen molar-refractivity contribution in [1.29, 1.82) is 0 Å². The number of carbonyl (C=O) groups is 2. The molecule has 1 fully saturated rings. The van der Waals surface area contributed by atoms with Gasteiger partial charge < -0.3 is 14.5 Å². The van der Waals surface area contributed by atoms with Gasteiger partial charge in [-0.3, -0.25) is 24.2 Å². The molecule has 3 aromatic heterocycles. The highest BCUT2D eigenvalue weighted by Crippen LogP contribution is 2.40. The van der Waals surface area contributed by atoms with Crippen LogP contribution in [-0.2, 0) is 28.9 Å². The van der Waals surface area contributed by atoms with Gasteiger partial charge in [-0.25, -0.2) is 0 Å². The molecule has 0 N–H and O–H groups in total. The average molecular weight is 515 g/mol. The summed E-state index contributed by atoms with van der Waals surface area (Å²) in [6.45, 7) is 7.20. The molecule has 1 amide bonds.